The SMILES string of the molecule is Oc1ccc(CNc2cnc3ccccc3c2)cc1Cl. The number of phenols is 1. The molecule has 2 aromatic carbocycles. The lowest BCUT2D eigenvalue weighted by Crippen LogP contribution is -1.99. The van der Waals surface area contributed by atoms with Crippen molar-refractivity contribution in [3.63, 3.8) is 0 Å². The first-order chi connectivity index (χ1) is 9.72. The Kier molecular flexibility index (Phi) is 3.44. The molecule has 4 heteroatoms. The van der Waals surface area contributed by atoms with E-state index in [0.29, 0.717) is 11.6 Å². The van der Waals surface area contributed by atoms with Gasteiger partial charge in [0.05, 0.1) is 22.4 Å². The lowest BCUT2D eigenvalue weighted by Gasteiger charge is -2.08. The number of para-hydroxylation sites is 1. The molecule has 0 aliphatic heterocycles. The number of hydrogen-bond donors (Lipinski definition) is 2. The minimum Gasteiger partial charge on any atom is -0.506 e. The third-order valence-electron chi connectivity index (χ3n) is 3.10. The highest BCUT2D eigenvalue weighted by Gasteiger charge is 2.01. The van der Waals surface area contributed by atoms with Crippen LogP contribution in [0.3, 0.4) is 0 Å². The topological polar surface area (TPSA) is 45.1 Å². The molecule has 3 rings (SSSR count). The fourth-order valence-corrected chi connectivity index (χ4v) is 2.24. The zero-order chi connectivity index (χ0) is 13.9. The van der Waals surface area contributed by atoms with Gasteiger partial charge in [-0.15, -0.1) is 0 Å². The molecule has 3 nitrogen and oxygen atoms in total. The number of pyridine rings is 1. The van der Waals surface area contributed by atoms with Crippen molar-refractivity contribution in [2.45, 2.75) is 6.54 Å². The van der Waals surface area contributed by atoms with Gasteiger partial charge in [-0.3, -0.25) is 4.98 Å². The maximum Gasteiger partial charge on any atom is 0.134 e. The molecule has 0 saturated heterocycles. The third-order valence-corrected chi connectivity index (χ3v) is 3.40. The molecule has 0 unspecified atom stereocenters. The molecule has 0 fully saturated rings. The predicted octanol–water partition coefficient (Wildman–Crippen LogP) is 4.21. The van der Waals surface area contributed by atoms with Crippen LogP contribution < -0.4 is 5.32 Å². The molecule has 0 amide bonds. The van der Waals surface area contributed by atoms with Crippen LogP contribution in [0, 0.1) is 0 Å². The van der Waals surface area contributed by atoms with Gasteiger partial charge in [-0.1, -0.05) is 35.9 Å². The summed E-state index contributed by atoms with van der Waals surface area (Å²) in [6.07, 6.45) is 1.81. The van der Waals surface area contributed by atoms with Crippen molar-refractivity contribution in [2.24, 2.45) is 0 Å². The first kappa shape index (κ1) is 12.8. The van der Waals surface area contributed by atoms with E-state index in [-0.39, 0.29) is 5.75 Å². The van der Waals surface area contributed by atoms with E-state index in [2.05, 4.69) is 16.4 Å². The summed E-state index contributed by atoms with van der Waals surface area (Å²) in [6, 6.07) is 15.2. The highest BCUT2D eigenvalue weighted by Crippen LogP contribution is 2.24. The molecular formula is C16H13ClN2O. The fraction of sp³-hybridized carbons (Fsp3) is 0.0625. The summed E-state index contributed by atoms with van der Waals surface area (Å²) in [6.45, 7) is 0.625. The summed E-state index contributed by atoms with van der Waals surface area (Å²) in [5.74, 6) is 0.0998. The minimum absolute atomic E-state index is 0.0998. The molecule has 0 atom stereocenters. The normalized spacial score (nSPS) is 10.7. The Balaban J connectivity index is 1.77. The zero-order valence-corrected chi connectivity index (χ0v) is 11.4. The minimum atomic E-state index is 0.0998. The van der Waals surface area contributed by atoms with Crippen LogP contribution in [0.2, 0.25) is 5.02 Å². The van der Waals surface area contributed by atoms with Crippen molar-refractivity contribution in [1.82, 2.24) is 4.98 Å². The Morgan fingerprint density at radius 1 is 1.10 bits per heavy atom. The molecule has 0 aliphatic rings. The molecular weight excluding hydrogens is 272 g/mol. The molecule has 2 N–H and O–H groups in total. The number of hydrogen-bond acceptors (Lipinski definition) is 3. The monoisotopic (exact) mass is 284 g/mol. The number of benzene rings is 2. The number of nitrogens with one attached hydrogen (secondary N) is 1. The maximum atomic E-state index is 9.38. The van der Waals surface area contributed by atoms with E-state index in [0.717, 1.165) is 22.2 Å². The summed E-state index contributed by atoms with van der Waals surface area (Å²) in [5.41, 5.74) is 2.93. The van der Waals surface area contributed by atoms with Crippen LogP contribution in [0.25, 0.3) is 10.9 Å². The van der Waals surface area contributed by atoms with Crippen LogP contribution in [-0.4, -0.2) is 10.1 Å². The molecule has 0 spiro atoms. The van der Waals surface area contributed by atoms with Crippen molar-refractivity contribution in [3.8, 4) is 5.75 Å². The van der Waals surface area contributed by atoms with E-state index in [1.54, 1.807) is 12.1 Å². The van der Waals surface area contributed by atoms with Gasteiger partial charge in [0.25, 0.3) is 0 Å². The van der Waals surface area contributed by atoms with Gasteiger partial charge in [0.1, 0.15) is 5.75 Å². The number of rotatable bonds is 3. The number of aromatic nitrogens is 1. The Labute approximate surface area is 121 Å². The van der Waals surface area contributed by atoms with Crippen LogP contribution in [0.1, 0.15) is 5.56 Å². The molecule has 0 aliphatic carbocycles. The number of halogens is 1. The van der Waals surface area contributed by atoms with Gasteiger partial charge in [0.2, 0.25) is 0 Å². The second-order valence-electron chi connectivity index (χ2n) is 4.56. The quantitative estimate of drug-likeness (QED) is 0.757. The molecule has 0 saturated carbocycles. The van der Waals surface area contributed by atoms with E-state index in [9.17, 15) is 5.11 Å². The number of nitrogens with zero attached hydrogens (tertiary/aromatic N) is 1. The maximum absolute atomic E-state index is 9.38. The van der Waals surface area contributed by atoms with Gasteiger partial charge in [0, 0.05) is 11.9 Å². The number of anilines is 1. The van der Waals surface area contributed by atoms with Crippen molar-refractivity contribution >= 4 is 28.2 Å². The zero-order valence-electron chi connectivity index (χ0n) is 10.7. The second-order valence-corrected chi connectivity index (χ2v) is 4.96. The number of phenolic OH excluding ortho intramolecular Hbond substituents is 1. The van der Waals surface area contributed by atoms with E-state index >= 15 is 0 Å². The van der Waals surface area contributed by atoms with Crippen LogP contribution in [0.15, 0.2) is 54.7 Å². The van der Waals surface area contributed by atoms with E-state index in [4.69, 9.17) is 11.6 Å². The summed E-state index contributed by atoms with van der Waals surface area (Å²) in [5, 5.41) is 14.1. The fourth-order valence-electron chi connectivity index (χ4n) is 2.03. The Morgan fingerprint density at radius 3 is 2.80 bits per heavy atom. The largest absolute Gasteiger partial charge is 0.506 e. The Hall–Kier alpha value is -2.26. The van der Waals surface area contributed by atoms with Crippen molar-refractivity contribution < 1.29 is 5.11 Å². The van der Waals surface area contributed by atoms with Crippen LogP contribution in [0.5, 0.6) is 5.75 Å². The number of fused-ring (bicyclic) bond motifs is 1. The van der Waals surface area contributed by atoms with E-state index in [1.165, 1.54) is 0 Å². The standard InChI is InChI=1S/C16H13ClN2O/c17-14-7-11(5-6-16(14)20)9-18-13-8-12-3-1-2-4-15(12)19-10-13/h1-8,10,18,20H,9H2. The van der Waals surface area contributed by atoms with Gasteiger partial charge in [-0.2, -0.15) is 0 Å². The van der Waals surface area contributed by atoms with Crippen LogP contribution in [-0.2, 0) is 6.54 Å². The van der Waals surface area contributed by atoms with Crippen LogP contribution >= 0.6 is 11.6 Å². The van der Waals surface area contributed by atoms with Gasteiger partial charge < -0.3 is 10.4 Å². The van der Waals surface area contributed by atoms with Gasteiger partial charge in [0.15, 0.2) is 0 Å². The lowest BCUT2D eigenvalue weighted by molar-refractivity contribution is 0.475. The highest BCUT2D eigenvalue weighted by atomic mass is 35.5. The second kappa shape index (κ2) is 5.39. The summed E-state index contributed by atoms with van der Waals surface area (Å²) in [4.78, 5) is 4.40. The Morgan fingerprint density at radius 2 is 1.95 bits per heavy atom. The molecule has 0 radical (unpaired) electrons. The van der Waals surface area contributed by atoms with Gasteiger partial charge in [-0.25, -0.2) is 0 Å². The van der Waals surface area contributed by atoms with Crippen LogP contribution in [0.4, 0.5) is 5.69 Å². The lowest BCUT2D eigenvalue weighted by atomic mass is 10.2. The van der Waals surface area contributed by atoms with Gasteiger partial charge in [-0.05, 0) is 29.8 Å². The molecule has 1 aromatic heterocycles. The van der Waals surface area contributed by atoms with Crippen molar-refractivity contribution in [3.05, 3.63) is 65.3 Å². The molecule has 1 heterocycles. The Bertz CT molecular complexity index is 758. The first-order valence-electron chi connectivity index (χ1n) is 6.28. The average Bonchev–Trinajstić information content (AvgIpc) is 2.48. The summed E-state index contributed by atoms with van der Waals surface area (Å²) in [7, 11) is 0. The third kappa shape index (κ3) is 2.68. The molecule has 20 heavy (non-hydrogen) atoms. The summed E-state index contributed by atoms with van der Waals surface area (Å²) >= 11 is 5.88. The smallest absolute Gasteiger partial charge is 0.134 e. The highest BCUT2D eigenvalue weighted by molar-refractivity contribution is 6.32. The van der Waals surface area contributed by atoms with Crippen molar-refractivity contribution in [1.29, 1.82) is 0 Å². The molecule has 3 aromatic rings. The molecule has 0 bridgehead atoms. The van der Waals surface area contributed by atoms with E-state index < -0.39 is 0 Å². The predicted molar refractivity (Wildman–Crippen MR) is 82.2 cm³/mol. The van der Waals surface area contributed by atoms with E-state index in [1.807, 2.05) is 36.5 Å². The first-order valence-corrected chi connectivity index (χ1v) is 6.66. The molecule has 100 valence electrons. The number of aromatic hydroxyl groups is 1. The van der Waals surface area contributed by atoms with Gasteiger partial charge >= 0.3 is 0 Å². The average molecular weight is 285 g/mol. The van der Waals surface area contributed by atoms with Crippen molar-refractivity contribution in [2.75, 3.05) is 5.32 Å². The summed E-state index contributed by atoms with van der Waals surface area (Å²) < 4.78 is 0.